The van der Waals surface area contributed by atoms with Crippen molar-refractivity contribution in [2.45, 2.75) is 19.6 Å². The molecule has 1 amide bonds. The number of para-hydroxylation sites is 1. The number of nitrogens with one attached hydrogen (secondary N) is 1. The zero-order valence-electron chi connectivity index (χ0n) is 12.4. The lowest BCUT2D eigenvalue weighted by Crippen LogP contribution is -2.35. The number of benzene rings is 1. The van der Waals surface area contributed by atoms with Gasteiger partial charge in [0.15, 0.2) is 6.10 Å². The first kappa shape index (κ1) is 15.6. The lowest BCUT2D eigenvalue weighted by atomic mass is 10.2. The third kappa shape index (κ3) is 3.88. The SMILES string of the molecule is COc1ccccc1C(=O)O[C@H](C)C(=O)NCc1ccco1. The molecule has 0 saturated carbocycles. The van der Waals surface area contributed by atoms with Crippen LogP contribution in [0.4, 0.5) is 0 Å². The Morgan fingerprint density at radius 3 is 2.68 bits per heavy atom. The Morgan fingerprint density at radius 2 is 2.00 bits per heavy atom. The van der Waals surface area contributed by atoms with Crippen LogP contribution in [-0.2, 0) is 16.1 Å². The van der Waals surface area contributed by atoms with Crippen LogP contribution in [0.15, 0.2) is 47.1 Å². The molecule has 2 rings (SSSR count). The molecule has 6 heteroatoms. The molecule has 1 heterocycles. The first-order valence-electron chi connectivity index (χ1n) is 6.76. The Balaban J connectivity index is 1.91. The predicted octanol–water partition coefficient (Wildman–Crippen LogP) is 2.15. The number of hydrogen-bond acceptors (Lipinski definition) is 5. The highest BCUT2D eigenvalue weighted by atomic mass is 16.5. The van der Waals surface area contributed by atoms with Crippen LogP contribution in [0.1, 0.15) is 23.0 Å². The highest BCUT2D eigenvalue weighted by molar-refractivity contribution is 5.94. The lowest BCUT2D eigenvalue weighted by Gasteiger charge is -2.14. The van der Waals surface area contributed by atoms with E-state index < -0.39 is 18.0 Å². The Labute approximate surface area is 128 Å². The van der Waals surface area contributed by atoms with Crippen LogP contribution in [0.5, 0.6) is 5.75 Å². The minimum Gasteiger partial charge on any atom is -0.496 e. The van der Waals surface area contributed by atoms with Crippen LogP contribution in [0.2, 0.25) is 0 Å². The summed E-state index contributed by atoms with van der Waals surface area (Å²) in [4.78, 5) is 24.0. The van der Waals surface area contributed by atoms with Gasteiger partial charge in [-0.3, -0.25) is 4.79 Å². The number of carbonyl (C=O) groups excluding carboxylic acids is 2. The van der Waals surface area contributed by atoms with Crippen LogP contribution < -0.4 is 10.1 Å². The van der Waals surface area contributed by atoms with Crippen molar-refractivity contribution >= 4 is 11.9 Å². The first-order chi connectivity index (χ1) is 10.6. The molecule has 0 spiro atoms. The van der Waals surface area contributed by atoms with Crippen molar-refractivity contribution < 1.29 is 23.5 Å². The summed E-state index contributed by atoms with van der Waals surface area (Å²) in [7, 11) is 1.46. The number of carbonyl (C=O) groups is 2. The van der Waals surface area contributed by atoms with E-state index in [2.05, 4.69) is 5.32 Å². The highest BCUT2D eigenvalue weighted by Gasteiger charge is 2.21. The number of amides is 1. The molecule has 1 aromatic heterocycles. The van der Waals surface area contributed by atoms with Gasteiger partial charge in [-0.15, -0.1) is 0 Å². The molecule has 0 aliphatic carbocycles. The fraction of sp³-hybridized carbons (Fsp3) is 0.250. The number of hydrogen-bond donors (Lipinski definition) is 1. The summed E-state index contributed by atoms with van der Waals surface area (Å²) in [5, 5.41) is 2.63. The average molecular weight is 303 g/mol. The first-order valence-corrected chi connectivity index (χ1v) is 6.76. The van der Waals surface area contributed by atoms with Gasteiger partial charge in [-0.2, -0.15) is 0 Å². The third-order valence-corrected chi connectivity index (χ3v) is 3.00. The standard InChI is InChI=1S/C16H17NO5/c1-11(15(18)17-10-12-6-5-9-21-12)22-16(19)13-7-3-4-8-14(13)20-2/h3-9,11H,10H2,1-2H3,(H,17,18)/t11-/m1/s1. The van der Waals surface area contributed by atoms with Gasteiger partial charge < -0.3 is 19.2 Å². The molecule has 1 N–H and O–H groups in total. The zero-order chi connectivity index (χ0) is 15.9. The normalized spacial score (nSPS) is 11.5. The Bertz CT molecular complexity index is 636. The van der Waals surface area contributed by atoms with Crippen molar-refractivity contribution in [2.75, 3.05) is 7.11 Å². The van der Waals surface area contributed by atoms with E-state index in [4.69, 9.17) is 13.9 Å². The quantitative estimate of drug-likeness (QED) is 0.827. The maximum atomic E-state index is 12.1. The molecule has 2 aromatic rings. The van der Waals surface area contributed by atoms with Gasteiger partial charge in [0.05, 0.1) is 19.9 Å². The maximum absolute atomic E-state index is 12.1. The fourth-order valence-corrected chi connectivity index (χ4v) is 1.82. The monoisotopic (exact) mass is 303 g/mol. The van der Waals surface area contributed by atoms with Gasteiger partial charge in [0.25, 0.3) is 5.91 Å². The number of rotatable bonds is 6. The topological polar surface area (TPSA) is 77.8 Å². The molecule has 22 heavy (non-hydrogen) atoms. The van der Waals surface area contributed by atoms with Crippen molar-refractivity contribution in [1.82, 2.24) is 5.32 Å². The predicted molar refractivity (Wildman–Crippen MR) is 78.4 cm³/mol. The Hall–Kier alpha value is -2.76. The van der Waals surface area contributed by atoms with Crippen molar-refractivity contribution in [3.63, 3.8) is 0 Å². The molecule has 1 atom stereocenters. The van der Waals surface area contributed by atoms with Gasteiger partial charge in [-0.05, 0) is 31.2 Å². The molecule has 0 fully saturated rings. The summed E-state index contributed by atoms with van der Waals surface area (Å²) in [5.41, 5.74) is 0.274. The minimum absolute atomic E-state index is 0.238. The summed E-state index contributed by atoms with van der Waals surface area (Å²) in [6.07, 6.45) is 0.597. The van der Waals surface area contributed by atoms with E-state index in [1.54, 1.807) is 36.4 Å². The molecule has 0 radical (unpaired) electrons. The molecule has 116 valence electrons. The van der Waals surface area contributed by atoms with E-state index in [0.29, 0.717) is 11.5 Å². The summed E-state index contributed by atoms with van der Waals surface area (Å²) in [6, 6.07) is 10.1. The Morgan fingerprint density at radius 1 is 1.23 bits per heavy atom. The Kier molecular flexibility index (Phi) is 5.19. The largest absolute Gasteiger partial charge is 0.496 e. The maximum Gasteiger partial charge on any atom is 0.342 e. The summed E-state index contributed by atoms with van der Waals surface area (Å²) >= 11 is 0. The van der Waals surface area contributed by atoms with Crippen LogP contribution in [-0.4, -0.2) is 25.1 Å². The zero-order valence-corrected chi connectivity index (χ0v) is 12.4. The van der Waals surface area contributed by atoms with E-state index in [1.807, 2.05) is 0 Å². The molecule has 0 aliphatic rings. The van der Waals surface area contributed by atoms with Gasteiger partial charge in [-0.25, -0.2) is 4.79 Å². The third-order valence-electron chi connectivity index (χ3n) is 3.00. The number of esters is 1. The van der Waals surface area contributed by atoms with Gasteiger partial charge in [0.2, 0.25) is 0 Å². The van der Waals surface area contributed by atoms with Gasteiger partial charge >= 0.3 is 5.97 Å². The molecule has 6 nitrogen and oxygen atoms in total. The molecule has 0 saturated heterocycles. The molecular weight excluding hydrogens is 286 g/mol. The second-order valence-corrected chi connectivity index (χ2v) is 4.54. The van der Waals surface area contributed by atoms with Crippen molar-refractivity contribution in [3.05, 3.63) is 54.0 Å². The van der Waals surface area contributed by atoms with E-state index in [-0.39, 0.29) is 12.1 Å². The van der Waals surface area contributed by atoms with Gasteiger partial charge in [0.1, 0.15) is 17.1 Å². The van der Waals surface area contributed by atoms with E-state index >= 15 is 0 Å². The summed E-state index contributed by atoms with van der Waals surface area (Å²) < 4.78 is 15.3. The molecule has 0 aliphatic heterocycles. The van der Waals surface area contributed by atoms with Crippen LogP contribution >= 0.6 is 0 Å². The number of furan rings is 1. The lowest BCUT2D eigenvalue weighted by molar-refractivity contribution is -0.129. The van der Waals surface area contributed by atoms with Crippen LogP contribution in [0.25, 0.3) is 0 Å². The van der Waals surface area contributed by atoms with E-state index in [9.17, 15) is 9.59 Å². The van der Waals surface area contributed by atoms with Gasteiger partial charge in [-0.1, -0.05) is 12.1 Å². The second-order valence-electron chi connectivity index (χ2n) is 4.54. The summed E-state index contributed by atoms with van der Waals surface area (Å²) in [6.45, 7) is 1.74. The van der Waals surface area contributed by atoms with Crippen LogP contribution in [0.3, 0.4) is 0 Å². The number of methoxy groups -OCH3 is 1. The molecule has 0 bridgehead atoms. The molecular formula is C16H17NO5. The van der Waals surface area contributed by atoms with Crippen molar-refractivity contribution in [3.8, 4) is 5.75 Å². The van der Waals surface area contributed by atoms with Crippen LogP contribution in [0, 0.1) is 0 Å². The number of ether oxygens (including phenoxy) is 2. The summed E-state index contributed by atoms with van der Waals surface area (Å²) in [5.74, 6) is 0.00467. The second kappa shape index (κ2) is 7.31. The van der Waals surface area contributed by atoms with Crippen molar-refractivity contribution in [2.24, 2.45) is 0 Å². The highest BCUT2D eigenvalue weighted by Crippen LogP contribution is 2.18. The van der Waals surface area contributed by atoms with E-state index in [0.717, 1.165) is 0 Å². The fourth-order valence-electron chi connectivity index (χ4n) is 1.82. The van der Waals surface area contributed by atoms with Gasteiger partial charge in [0, 0.05) is 0 Å². The van der Waals surface area contributed by atoms with Crippen molar-refractivity contribution in [1.29, 1.82) is 0 Å². The smallest absolute Gasteiger partial charge is 0.342 e. The van der Waals surface area contributed by atoms with E-state index in [1.165, 1.54) is 20.3 Å². The average Bonchev–Trinajstić information content (AvgIpc) is 3.05. The molecule has 1 aromatic carbocycles. The molecule has 0 unspecified atom stereocenters. The minimum atomic E-state index is -0.924.